The molecule has 3 rings (SSSR count). The Morgan fingerprint density at radius 1 is 1.18 bits per heavy atom. The number of nitrogens with zero attached hydrogens (tertiary/aromatic N) is 3. The van der Waals surface area contributed by atoms with Gasteiger partial charge in [0.05, 0.1) is 24.0 Å². The number of carbonyl (C=O) groups is 1. The molecule has 0 bridgehead atoms. The molecule has 1 heterocycles. The first-order valence-electron chi connectivity index (χ1n) is 8.87. The monoisotopic (exact) mass is 398 g/mol. The van der Waals surface area contributed by atoms with Crippen LogP contribution < -0.4 is 5.43 Å². The van der Waals surface area contributed by atoms with Crippen molar-refractivity contribution >= 4 is 23.7 Å². The highest BCUT2D eigenvalue weighted by Gasteiger charge is 2.12. The van der Waals surface area contributed by atoms with Gasteiger partial charge in [0.2, 0.25) is 0 Å². The Bertz CT molecular complexity index is 994. The highest BCUT2D eigenvalue weighted by atomic mass is 35.5. The molecule has 0 aliphatic rings. The number of carbonyl (C=O) groups excluding carboxylic acids is 1. The van der Waals surface area contributed by atoms with Crippen molar-refractivity contribution in [2.45, 2.75) is 26.8 Å². The van der Waals surface area contributed by atoms with Gasteiger partial charge in [-0.2, -0.15) is 10.2 Å². The predicted molar refractivity (Wildman–Crippen MR) is 108 cm³/mol. The molecular formula is C21H20ClFN4O. The van der Waals surface area contributed by atoms with Gasteiger partial charge in [-0.05, 0) is 48.7 Å². The maximum absolute atomic E-state index is 13.0. The van der Waals surface area contributed by atoms with Gasteiger partial charge in [0, 0.05) is 5.56 Å². The van der Waals surface area contributed by atoms with Crippen molar-refractivity contribution in [1.29, 1.82) is 0 Å². The summed E-state index contributed by atoms with van der Waals surface area (Å²) < 4.78 is 14.6. The van der Waals surface area contributed by atoms with Gasteiger partial charge in [-0.25, -0.2) is 14.5 Å². The molecule has 0 fully saturated rings. The fraction of sp³-hybridized carbons (Fsp3) is 0.190. The molecule has 3 aromatic rings. The summed E-state index contributed by atoms with van der Waals surface area (Å²) in [5.74, 6) is -0.592. The Hall–Kier alpha value is -2.99. The average molecular weight is 399 g/mol. The van der Waals surface area contributed by atoms with E-state index in [9.17, 15) is 9.18 Å². The SMILES string of the molecule is CCc1ccc(C(=O)N/N=C\c2c(C)nn(Cc3ccc(F)cc3)c2Cl)cc1. The molecule has 5 nitrogen and oxygen atoms in total. The summed E-state index contributed by atoms with van der Waals surface area (Å²) in [6.07, 6.45) is 2.39. The second kappa shape index (κ2) is 8.80. The smallest absolute Gasteiger partial charge is 0.267 e. The molecule has 0 aliphatic carbocycles. The van der Waals surface area contributed by atoms with Crippen LogP contribution in [0.25, 0.3) is 0 Å². The summed E-state index contributed by atoms with van der Waals surface area (Å²) in [6.45, 7) is 4.27. The highest BCUT2D eigenvalue weighted by Crippen LogP contribution is 2.19. The Morgan fingerprint density at radius 3 is 2.46 bits per heavy atom. The molecule has 0 spiro atoms. The molecule has 7 heteroatoms. The minimum Gasteiger partial charge on any atom is -0.267 e. The van der Waals surface area contributed by atoms with E-state index in [4.69, 9.17) is 11.6 Å². The maximum atomic E-state index is 13.0. The van der Waals surface area contributed by atoms with E-state index >= 15 is 0 Å². The minimum atomic E-state index is -0.300. The minimum absolute atomic E-state index is 0.292. The van der Waals surface area contributed by atoms with E-state index in [0.29, 0.717) is 28.5 Å². The van der Waals surface area contributed by atoms with Crippen molar-refractivity contribution in [1.82, 2.24) is 15.2 Å². The number of rotatable bonds is 6. The summed E-state index contributed by atoms with van der Waals surface area (Å²) >= 11 is 6.40. The van der Waals surface area contributed by atoms with Crippen LogP contribution in [0.15, 0.2) is 53.6 Å². The van der Waals surface area contributed by atoms with Crippen LogP contribution in [-0.4, -0.2) is 21.9 Å². The van der Waals surface area contributed by atoms with Crippen LogP contribution >= 0.6 is 11.6 Å². The third-order valence-electron chi connectivity index (χ3n) is 4.34. The highest BCUT2D eigenvalue weighted by molar-refractivity contribution is 6.32. The number of hydrogen-bond acceptors (Lipinski definition) is 3. The lowest BCUT2D eigenvalue weighted by Crippen LogP contribution is -2.17. The van der Waals surface area contributed by atoms with Crippen LogP contribution in [0.5, 0.6) is 0 Å². The van der Waals surface area contributed by atoms with Crippen LogP contribution in [0.4, 0.5) is 4.39 Å². The number of aromatic nitrogens is 2. The molecule has 1 aromatic heterocycles. The van der Waals surface area contributed by atoms with Gasteiger partial charge in [0.1, 0.15) is 11.0 Å². The third-order valence-corrected chi connectivity index (χ3v) is 4.74. The van der Waals surface area contributed by atoms with Gasteiger partial charge >= 0.3 is 0 Å². The van der Waals surface area contributed by atoms with Crippen LogP contribution in [0.2, 0.25) is 5.15 Å². The fourth-order valence-corrected chi connectivity index (χ4v) is 2.98. The van der Waals surface area contributed by atoms with E-state index in [0.717, 1.165) is 17.5 Å². The number of aryl methyl sites for hydroxylation is 2. The van der Waals surface area contributed by atoms with Gasteiger partial charge < -0.3 is 0 Å². The quantitative estimate of drug-likeness (QED) is 0.495. The molecular weight excluding hydrogens is 379 g/mol. The van der Waals surface area contributed by atoms with Crippen molar-refractivity contribution < 1.29 is 9.18 Å². The molecule has 0 saturated carbocycles. The van der Waals surface area contributed by atoms with E-state index in [1.54, 1.807) is 35.9 Å². The van der Waals surface area contributed by atoms with Crippen molar-refractivity contribution in [3.63, 3.8) is 0 Å². The molecule has 1 N–H and O–H groups in total. The molecule has 2 aromatic carbocycles. The van der Waals surface area contributed by atoms with Crippen LogP contribution in [0.3, 0.4) is 0 Å². The average Bonchev–Trinajstić information content (AvgIpc) is 2.97. The molecule has 1 amide bonds. The molecule has 0 unspecified atom stereocenters. The van der Waals surface area contributed by atoms with Crippen LogP contribution in [-0.2, 0) is 13.0 Å². The number of amides is 1. The molecule has 0 radical (unpaired) electrons. The molecule has 0 aliphatic heterocycles. The number of benzene rings is 2. The summed E-state index contributed by atoms with van der Waals surface area (Å²) in [4.78, 5) is 12.2. The van der Waals surface area contributed by atoms with Crippen molar-refractivity contribution in [3.05, 3.63) is 87.4 Å². The Labute approximate surface area is 167 Å². The fourth-order valence-electron chi connectivity index (χ4n) is 2.69. The zero-order valence-electron chi connectivity index (χ0n) is 15.6. The van der Waals surface area contributed by atoms with E-state index in [1.807, 2.05) is 12.1 Å². The Kier molecular flexibility index (Phi) is 6.21. The largest absolute Gasteiger partial charge is 0.271 e. The molecule has 28 heavy (non-hydrogen) atoms. The predicted octanol–water partition coefficient (Wildman–Crippen LogP) is 4.36. The topological polar surface area (TPSA) is 59.3 Å². The van der Waals surface area contributed by atoms with Crippen molar-refractivity contribution in [3.8, 4) is 0 Å². The first kappa shape index (κ1) is 19.8. The lowest BCUT2D eigenvalue weighted by molar-refractivity contribution is 0.0955. The summed E-state index contributed by atoms with van der Waals surface area (Å²) in [6, 6.07) is 13.5. The number of hydrazone groups is 1. The molecule has 144 valence electrons. The second-order valence-corrected chi connectivity index (χ2v) is 6.68. The van der Waals surface area contributed by atoms with Gasteiger partial charge in [-0.15, -0.1) is 0 Å². The lowest BCUT2D eigenvalue weighted by Gasteiger charge is -2.03. The Morgan fingerprint density at radius 2 is 1.82 bits per heavy atom. The van der Waals surface area contributed by atoms with Gasteiger partial charge in [0.25, 0.3) is 5.91 Å². The van der Waals surface area contributed by atoms with Gasteiger partial charge in [-0.1, -0.05) is 42.8 Å². The number of nitrogens with one attached hydrogen (secondary N) is 1. The Balaban J connectivity index is 1.68. The standard InChI is InChI=1S/C21H20ClFN4O/c1-3-15-4-8-17(9-5-15)21(28)25-24-12-19-14(2)26-27(20(19)22)13-16-6-10-18(23)11-7-16/h4-12H,3,13H2,1-2H3,(H,25,28)/b24-12-. The second-order valence-electron chi connectivity index (χ2n) is 6.32. The number of hydrogen-bond donors (Lipinski definition) is 1. The zero-order valence-corrected chi connectivity index (χ0v) is 16.4. The summed E-state index contributed by atoms with van der Waals surface area (Å²) in [5.41, 5.74) is 6.36. The third kappa shape index (κ3) is 4.64. The van der Waals surface area contributed by atoms with Gasteiger partial charge in [0.15, 0.2) is 0 Å². The van der Waals surface area contributed by atoms with Crippen molar-refractivity contribution in [2.24, 2.45) is 5.10 Å². The summed E-state index contributed by atoms with van der Waals surface area (Å²) in [7, 11) is 0. The summed E-state index contributed by atoms with van der Waals surface area (Å²) in [5, 5.41) is 8.79. The van der Waals surface area contributed by atoms with E-state index in [2.05, 4.69) is 22.5 Å². The lowest BCUT2D eigenvalue weighted by atomic mass is 10.1. The molecule has 0 atom stereocenters. The van der Waals surface area contributed by atoms with E-state index in [1.165, 1.54) is 18.3 Å². The van der Waals surface area contributed by atoms with E-state index in [-0.39, 0.29) is 11.7 Å². The first-order valence-corrected chi connectivity index (χ1v) is 9.25. The normalized spacial score (nSPS) is 11.1. The van der Waals surface area contributed by atoms with Crippen LogP contribution in [0.1, 0.15) is 39.7 Å². The van der Waals surface area contributed by atoms with E-state index < -0.39 is 0 Å². The van der Waals surface area contributed by atoms with Crippen molar-refractivity contribution in [2.75, 3.05) is 0 Å². The van der Waals surface area contributed by atoms with Crippen LogP contribution in [0, 0.1) is 12.7 Å². The molecule has 0 saturated heterocycles. The number of halogens is 2. The zero-order chi connectivity index (χ0) is 20.1. The first-order chi connectivity index (χ1) is 13.5. The maximum Gasteiger partial charge on any atom is 0.271 e. The van der Waals surface area contributed by atoms with Gasteiger partial charge in [-0.3, -0.25) is 4.79 Å².